The smallest absolute Gasteiger partial charge is 0.119 e. The molecule has 0 amide bonds. The Kier molecular flexibility index (Phi) is 5.25. The number of ether oxygens (including phenoxy) is 1. The predicted octanol–water partition coefficient (Wildman–Crippen LogP) is 3.78. The molecule has 0 aliphatic rings. The number of halogens is 1. The summed E-state index contributed by atoms with van der Waals surface area (Å²) in [5.74, 6) is 0.909. The molecular formula is C15H18ClNOS. The van der Waals surface area contributed by atoms with Gasteiger partial charge in [-0.15, -0.1) is 11.3 Å². The molecule has 4 heteroatoms. The Morgan fingerprint density at radius 3 is 2.74 bits per heavy atom. The molecule has 0 saturated heterocycles. The molecule has 0 saturated carbocycles. The minimum atomic E-state index is 0.404. The van der Waals surface area contributed by atoms with E-state index in [2.05, 4.69) is 23.5 Å². The van der Waals surface area contributed by atoms with Crippen LogP contribution in [0.5, 0.6) is 5.75 Å². The molecule has 1 aromatic carbocycles. The van der Waals surface area contributed by atoms with Crippen molar-refractivity contribution in [2.75, 3.05) is 14.2 Å². The molecule has 0 radical (unpaired) electrons. The summed E-state index contributed by atoms with van der Waals surface area (Å²) in [5.41, 5.74) is 1.28. The van der Waals surface area contributed by atoms with Crippen LogP contribution in [0, 0.1) is 0 Å². The zero-order valence-electron chi connectivity index (χ0n) is 11.2. The first kappa shape index (κ1) is 14.4. The number of hydrogen-bond acceptors (Lipinski definition) is 3. The summed E-state index contributed by atoms with van der Waals surface area (Å²) in [4.78, 5) is 1.31. The average molecular weight is 296 g/mol. The van der Waals surface area contributed by atoms with Crippen molar-refractivity contribution in [3.63, 3.8) is 0 Å². The van der Waals surface area contributed by atoms with Crippen molar-refractivity contribution < 1.29 is 4.74 Å². The molecule has 102 valence electrons. The molecule has 2 nitrogen and oxygen atoms in total. The van der Waals surface area contributed by atoms with E-state index in [-0.39, 0.29) is 0 Å². The fourth-order valence-electron chi connectivity index (χ4n) is 2.06. The Morgan fingerprint density at radius 1 is 1.26 bits per heavy atom. The molecule has 2 aromatic rings. The summed E-state index contributed by atoms with van der Waals surface area (Å²) in [5, 5.41) is 3.37. The first-order valence-electron chi connectivity index (χ1n) is 6.25. The van der Waals surface area contributed by atoms with E-state index in [1.807, 2.05) is 25.2 Å². The second kappa shape index (κ2) is 6.94. The third-order valence-electron chi connectivity index (χ3n) is 3.10. The van der Waals surface area contributed by atoms with Crippen molar-refractivity contribution in [3.8, 4) is 5.75 Å². The lowest BCUT2D eigenvalue weighted by Crippen LogP contribution is -2.29. The van der Waals surface area contributed by atoms with Gasteiger partial charge in [-0.1, -0.05) is 23.7 Å². The molecule has 19 heavy (non-hydrogen) atoms. The molecule has 1 atom stereocenters. The molecule has 0 aliphatic carbocycles. The number of thiophene rings is 1. The third kappa shape index (κ3) is 4.23. The van der Waals surface area contributed by atoms with Crippen LogP contribution < -0.4 is 10.1 Å². The molecule has 0 spiro atoms. The highest BCUT2D eigenvalue weighted by molar-refractivity contribution is 7.16. The highest BCUT2D eigenvalue weighted by Gasteiger charge is 2.10. The van der Waals surface area contributed by atoms with Gasteiger partial charge in [0.15, 0.2) is 0 Å². The molecule has 0 fully saturated rings. The fraction of sp³-hybridized carbons (Fsp3) is 0.333. The molecular weight excluding hydrogens is 278 g/mol. The van der Waals surface area contributed by atoms with E-state index < -0.39 is 0 Å². The summed E-state index contributed by atoms with van der Waals surface area (Å²) < 4.78 is 6.11. The third-order valence-corrected chi connectivity index (χ3v) is 4.35. The molecule has 1 N–H and O–H groups in total. The number of nitrogens with one attached hydrogen (secondary N) is 1. The summed E-state index contributed by atoms with van der Waals surface area (Å²) >= 11 is 7.62. The normalized spacial score (nSPS) is 12.4. The van der Waals surface area contributed by atoms with Gasteiger partial charge in [0.25, 0.3) is 0 Å². The van der Waals surface area contributed by atoms with Crippen LogP contribution in [0.2, 0.25) is 4.34 Å². The van der Waals surface area contributed by atoms with Crippen LogP contribution in [0.25, 0.3) is 0 Å². The van der Waals surface area contributed by atoms with Gasteiger partial charge < -0.3 is 10.1 Å². The van der Waals surface area contributed by atoms with Crippen LogP contribution in [0.1, 0.15) is 10.4 Å². The maximum atomic E-state index is 5.97. The number of rotatable bonds is 6. The van der Waals surface area contributed by atoms with E-state index in [1.54, 1.807) is 18.4 Å². The topological polar surface area (TPSA) is 21.3 Å². The Balaban J connectivity index is 2.01. The summed E-state index contributed by atoms with van der Waals surface area (Å²) in [6.07, 6.45) is 1.97. The van der Waals surface area contributed by atoms with Gasteiger partial charge in [0.05, 0.1) is 11.4 Å². The van der Waals surface area contributed by atoms with Crippen molar-refractivity contribution in [2.24, 2.45) is 0 Å². The lowest BCUT2D eigenvalue weighted by molar-refractivity contribution is 0.414. The predicted molar refractivity (Wildman–Crippen MR) is 82.6 cm³/mol. The zero-order valence-corrected chi connectivity index (χ0v) is 12.7. The van der Waals surface area contributed by atoms with Gasteiger partial charge in [-0.25, -0.2) is 0 Å². The Morgan fingerprint density at radius 2 is 2.11 bits per heavy atom. The molecule has 0 aliphatic heterocycles. The van der Waals surface area contributed by atoms with Gasteiger partial charge in [0.2, 0.25) is 0 Å². The number of methoxy groups -OCH3 is 1. The van der Waals surface area contributed by atoms with Gasteiger partial charge in [-0.05, 0) is 49.7 Å². The van der Waals surface area contributed by atoms with Crippen LogP contribution in [-0.4, -0.2) is 20.2 Å². The van der Waals surface area contributed by atoms with Crippen LogP contribution in [0.4, 0.5) is 0 Å². The van der Waals surface area contributed by atoms with E-state index >= 15 is 0 Å². The standard InChI is InChI=1S/C15H18ClNOS/c1-17-12(10-14-6-7-15(16)19-14)8-11-4-3-5-13(9-11)18-2/h3-7,9,12,17H,8,10H2,1-2H3. The highest BCUT2D eigenvalue weighted by atomic mass is 35.5. The SMILES string of the molecule is CNC(Cc1cccc(OC)c1)Cc1ccc(Cl)s1. The quantitative estimate of drug-likeness (QED) is 0.875. The van der Waals surface area contributed by atoms with Gasteiger partial charge in [-0.2, -0.15) is 0 Å². The van der Waals surface area contributed by atoms with E-state index in [0.29, 0.717) is 6.04 Å². The lowest BCUT2D eigenvalue weighted by Gasteiger charge is -2.15. The van der Waals surface area contributed by atoms with Gasteiger partial charge >= 0.3 is 0 Å². The highest BCUT2D eigenvalue weighted by Crippen LogP contribution is 2.23. The summed E-state index contributed by atoms with van der Waals surface area (Å²) in [7, 11) is 3.70. The van der Waals surface area contributed by atoms with E-state index in [1.165, 1.54) is 10.4 Å². The minimum absolute atomic E-state index is 0.404. The van der Waals surface area contributed by atoms with Crippen LogP contribution in [0.3, 0.4) is 0 Å². The first-order valence-corrected chi connectivity index (χ1v) is 7.45. The lowest BCUT2D eigenvalue weighted by atomic mass is 10.0. The largest absolute Gasteiger partial charge is 0.497 e. The molecule has 1 heterocycles. The summed E-state index contributed by atoms with van der Waals surface area (Å²) in [6, 6.07) is 12.7. The second-order valence-corrected chi connectivity index (χ2v) is 6.25. The second-order valence-electron chi connectivity index (χ2n) is 4.45. The molecule has 0 bridgehead atoms. The average Bonchev–Trinajstić information content (AvgIpc) is 2.83. The van der Waals surface area contributed by atoms with Crippen LogP contribution >= 0.6 is 22.9 Å². The van der Waals surface area contributed by atoms with Crippen molar-refractivity contribution >= 4 is 22.9 Å². The molecule has 1 unspecified atom stereocenters. The van der Waals surface area contributed by atoms with Crippen molar-refractivity contribution in [1.29, 1.82) is 0 Å². The van der Waals surface area contributed by atoms with Gasteiger partial charge in [0.1, 0.15) is 5.75 Å². The van der Waals surface area contributed by atoms with E-state index in [9.17, 15) is 0 Å². The number of likely N-dealkylation sites (N-methyl/N-ethyl adjacent to an activating group) is 1. The fourth-order valence-corrected chi connectivity index (χ4v) is 3.23. The zero-order chi connectivity index (χ0) is 13.7. The maximum Gasteiger partial charge on any atom is 0.119 e. The Labute approximate surface area is 123 Å². The molecule has 2 rings (SSSR count). The van der Waals surface area contributed by atoms with E-state index in [0.717, 1.165) is 22.9 Å². The maximum absolute atomic E-state index is 5.97. The van der Waals surface area contributed by atoms with Crippen LogP contribution in [0.15, 0.2) is 36.4 Å². The Bertz CT molecular complexity index is 526. The van der Waals surface area contributed by atoms with Gasteiger partial charge in [0, 0.05) is 10.9 Å². The van der Waals surface area contributed by atoms with Gasteiger partial charge in [-0.3, -0.25) is 0 Å². The van der Waals surface area contributed by atoms with E-state index in [4.69, 9.17) is 16.3 Å². The monoisotopic (exact) mass is 295 g/mol. The van der Waals surface area contributed by atoms with Crippen molar-refractivity contribution in [3.05, 3.63) is 51.2 Å². The first-order chi connectivity index (χ1) is 9.21. The number of hydrogen-bond donors (Lipinski definition) is 1. The summed E-state index contributed by atoms with van der Waals surface area (Å²) in [6.45, 7) is 0. The van der Waals surface area contributed by atoms with Crippen molar-refractivity contribution in [1.82, 2.24) is 5.32 Å². The minimum Gasteiger partial charge on any atom is -0.497 e. The number of benzene rings is 1. The molecule has 1 aromatic heterocycles. The van der Waals surface area contributed by atoms with Crippen molar-refractivity contribution in [2.45, 2.75) is 18.9 Å². The van der Waals surface area contributed by atoms with Crippen LogP contribution in [-0.2, 0) is 12.8 Å². The Hall–Kier alpha value is -1.03.